The number of thiophene rings is 1. The van der Waals surface area contributed by atoms with Crippen LogP contribution >= 0.6 is 50.5 Å². The van der Waals surface area contributed by atoms with Crippen molar-refractivity contribution in [3.63, 3.8) is 0 Å². The predicted octanol–water partition coefficient (Wildman–Crippen LogP) is 5.42. The van der Waals surface area contributed by atoms with Crippen LogP contribution in [0.15, 0.2) is 67.5 Å². The molecule has 3 rings (SSSR count). The van der Waals surface area contributed by atoms with Crippen molar-refractivity contribution in [2.24, 2.45) is 0 Å². The third kappa shape index (κ3) is 5.00. The minimum absolute atomic E-state index is 0.0552. The van der Waals surface area contributed by atoms with Crippen molar-refractivity contribution in [3.8, 4) is 0 Å². The molecule has 0 atom stereocenters. The molecule has 0 amide bonds. The Bertz CT molecular complexity index is 1230. The van der Waals surface area contributed by atoms with E-state index in [1.807, 2.05) is 0 Å². The van der Waals surface area contributed by atoms with Crippen molar-refractivity contribution in [1.82, 2.24) is 0 Å². The Labute approximate surface area is 184 Å². The molecule has 1 heterocycles. The number of anilines is 2. The average Bonchev–Trinajstić information content (AvgIpc) is 3.05. The fourth-order valence-corrected chi connectivity index (χ4v) is 6.79. The standard InChI is InChI=1S/C16H11BrCl2N2O4S3/c17-15-7-8-16(26-15)28(24,25)20-11-2-4-12(5-3-11)27(22,23)21-14-6-1-10(18)9-13(14)19/h1-9,20-21H. The van der Waals surface area contributed by atoms with Gasteiger partial charge in [-0.1, -0.05) is 23.2 Å². The molecule has 2 aromatic carbocycles. The van der Waals surface area contributed by atoms with Gasteiger partial charge in [-0.15, -0.1) is 11.3 Å². The van der Waals surface area contributed by atoms with Gasteiger partial charge in [-0.05, 0) is 70.5 Å². The normalized spacial score (nSPS) is 12.0. The van der Waals surface area contributed by atoms with Crippen LogP contribution in [0, 0.1) is 0 Å². The maximum absolute atomic E-state index is 12.5. The zero-order valence-corrected chi connectivity index (χ0v) is 19.2. The fourth-order valence-electron chi connectivity index (χ4n) is 2.13. The monoisotopic (exact) mass is 540 g/mol. The second-order valence-corrected chi connectivity index (χ2v) is 12.3. The molecule has 0 aliphatic carbocycles. The number of sulfonamides is 2. The Morgan fingerprint density at radius 3 is 2.07 bits per heavy atom. The molecule has 0 aliphatic rings. The molecule has 1 aromatic heterocycles. The van der Waals surface area contributed by atoms with Crippen molar-refractivity contribution < 1.29 is 16.8 Å². The largest absolute Gasteiger partial charge is 0.279 e. The molecular weight excluding hydrogens is 531 g/mol. The summed E-state index contributed by atoms with van der Waals surface area (Å²) in [5.74, 6) is 0. The summed E-state index contributed by atoms with van der Waals surface area (Å²) in [4.78, 5) is -0.0552. The van der Waals surface area contributed by atoms with E-state index < -0.39 is 20.0 Å². The molecule has 0 saturated carbocycles. The molecule has 148 valence electrons. The predicted molar refractivity (Wildman–Crippen MR) is 117 cm³/mol. The highest BCUT2D eigenvalue weighted by molar-refractivity contribution is 9.11. The lowest BCUT2D eigenvalue weighted by molar-refractivity contribution is 0.600. The summed E-state index contributed by atoms with van der Waals surface area (Å²) in [6, 6.07) is 12.8. The summed E-state index contributed by atoms with van der Waals surface area (Å²) in [5.41, 5.74) is 0.409. The molecule has 12 heteroatoms. The summed E-state index contributed by atoms with van der Waals surface area (Å²) >= 11 is 16.1. The first-order valence-electron chi connectivity index (χ1n) is 7.43. The van der Waals surface area contributed by atoms with Crippen LogP contribution in [0.1, 0.15) is 0 Å². The van der Waals surface area contributed by atoms with Crippen molar-refractivity contribution in [1.29, 1.82) is 0 Å². The van der Waals surface area contributed by atoms with Gasteiger partial charge in [0.05, 0.1) is 19.4 Å². The van der Waals surface area contributed by atoms with Gasteiger partial charge in [-0.25, -0.2) is 16.8 Å². The number of hydrogen-bond donors (Lipinski definition) is 2. The Kier molecular flexibility index (Phi) is 6.28. The fraction of sp³-hybridized carbons (Fsp3) is 0. The van der Waals surface area contributed by atoms with Crippen LogP contribution in [0.2, 0.25) is 10.0 Å². The number of benzene rings is 2. The van der Waals surface area contributed by atoms with Crippen LogP contribution in [0.4, 0.5) is 11.4 Å². The summed E-state index contributed by atoms with van der Waals surface area (Å²) in [7, 11) is -7.67. The van der Waals surface area contributed by atoms with Gasteiger partial charge in [-0.2, -0.15) is 0 Å². The number of hydrogen-bond acceptors (Lipinski definition) is 5. The van der Waals surface area contributed by atoms with Gasteiger partial charge in [0.15, 0.2) is 0 Å². The average molecular weight is 542 g/mol. The molecule has 2 N–H and O–H groups in total. The summed E-state index contributed by atoms with van der Waals surface area (Å²) in [6.07, 6.45) is 0. The molecular formula is C16H11BrCl2N2O4S3. The minimum atomic E-state index is -3.92. The Morgan fingerprint density at radius 2 is 1.50 bits per heavy atom. The van der Waals surface area contributed by atoms with Crippen molar-refractivity contribution in [3.05, 3.63) is 68.4 Å². The number of halogens is 3. The van der Waals surface area contributed by atoms with Gasteiger partial charge in [-0.3, -0.25) is 9.44 Å². The summed E-state index contributed by atoms with van der Waals surface area (Å²) < 4.78 is 55.3. The topological polar surface area (TPSA) is 92.3 Å². The summed E-state index contributed by atoms with van der Waals surface area (Å²) in [5, 5.41) is 0.532. The first-order chi connectivity index (χ1) is 13.1. The van der Waals surface area contributed by atoms with Crippen molar-refractivity contribution in [2.75, 3.05) is 9.44 Å². The van der Waals surface area contributed by atoms with E-state index in [2.05, 4.69) is 25.4 Å². The first-order valence-corrected chi connectivity index (χ1v) is 12.8. The molecule has 0 fully saturated rings. The van der Waals surface area contributed by atoms with Crippen LogP contribution < -0.4 is 9.44 Å². The van der Waals surface area contributed by atoms with Crippen LogP contribution in [0.3, 0.4) is 0 Å². The Hall–Kier alpha value is -1.30. The second-order valence-electron chi connectivity index (χ2n) is 5.42. The van der Waals surface area contributed by atoms with E-state index >= 15 is 0 Å². The molecule has 28 heavy (non-hydrogen) atoms. The Balaban J connectivity index is 1.79. The molecule has 0 unspecified atom stereocenters. The minimum Gasteiger partial charge on any atom is -0.279 e. The third-order valence-corrected chi connectivity index (χ3v) is 8.83. The smallest absolute Gasteiger partial charge is 0.271 e. The van der Waals surface area contributed by atoms with Gasteiger partial charge in [0, 0.05) is 10.7 Å². The molecule has 0 aliphatic heterocycles. The molecule has 0 bridgehead atoms. The van der Waals surface area contributed by atoms with Crippen LogP contribution in [0.5, 0.6) is 0 Å². The zero-order chi connectivity index (χ0) is 20.5. The lowest BCUT2D eigenvalue weighted by Gasteiger charge is -2.11. The van der Waals surface area contributed by atoms with Gasteiger partial charge >= 0.3 is 0 Å². The van der Waals surface area contributed by atoms with E-state index in [1.165, 1.54) is 48.5 Å². The maximum atomic E-state index is 12.5. The second kappa shape index (κ2) is 8.21. The van der Waals surface area contributed by atoms with Crippen LogP contribution in [0.25, 0.3) is 0 Å². The zero-order valence-electron chi connectivity index (χ0n) is 13.7. The summed E-state index contributed by atoms with van der Waals surface area (Å²) in [6.45, 7) is 0. The van der Waals surface area contributed by atoms with Crippen molar-refractivity contribution >= 4 is 81.9 Å². The van der Waals surface area contributed by atoms with Crippen molar-refractivity contribution in [2.45, 2.75) is 9.10 Å². The highest BCUT2D eigenvalue weighted by Crippen LogP contribution is 2.29. The van der Waals surface area contributed by atoms with E-state index in [-0.39, 0.29) is 25.5 Å². The lowest BCUT2D eigenvalue weighted by Crippen LogP contribution is -2.14. The molecule has 0 radical (unpaired) electrons. The van der Waals surface area contributed by atoms with E-state index in [1.54, 1.807) is 6.07 Å². The van der Waals surface area contributed by atoms with E-state index in [4.69, 9.17) is 23.2 Å². The SMILES string of the molecule is O=S(=O)(Nc1ccc(Cl)cc1Cl)c1ccc(NS(=O)(=O)c2ccc(Br)s2)cc1. The van der Waals surface area contributed by atoms with Crippen LogP contribution in [-0.2, 0) is 20.0 Å². The van der Waals surface area contributed by atoms with E-state index in [0.29, 0.717) is 8.81 Å². The third-order valence-electron chi connectivity index (χ3n) is 3.41. The van der Waals surface area contributed by atoms with Crippen LogP contribution in [-0.4, -0.2) is 16.8 Å². The number of rotatable bonds is 6. The van der Waals surface area contributed by atoms with Gasteiger partial charge in [0.1, 0.15) is 4.21 Å². The van der Waals surface area contributed by atoms with Gasteiger partial charge in [0.25, 0.3) is 20.0 Å². The highest BCUT2D eigenvalue weighted by atomic mass is 79.9. The highest BCUT2D eigenvalue weighted by Gasteiger charge is 2.19. The molecule has 6 nitrogen and oxygen atoms in total. The van der Waals surface area contributed by atoms with E-state index in [0.717, 1.165) is 11.3 Å². The number of nitrogens with one attached hydrogen (secondary N) is 2. The first kappa shape index (κ1) is 21.4. The van der Waals surface area contributed by atoms with E-state index in [9.17, 15) is 16.8 Å². The maximum Gasteiger partial charge on any atom is 0.271 e. The molecule has 0 spiro atoms. The quantitative estimate of drug-likeness (QED) is 0.436. The lowest BCUT2D eigenvalue weighted by atomic mass is 10.3. The van der Waals surface area contributed by atoms with Gasteiger partial charge in [0.2, 0.25) is 0 Å². The molecule has 0 saturated heterocycles. The Morgan fingerprint density at radius 1 is 0.821 bits per heavy atom. The van der Waals surface area contributed by atoms with Gasteiger partial charge < -0.3 is 0 Å². The molecule has 3 aromatic rings.